The normalized spacial score (nSPS) is 11.4. The molecule has 0 aliphatic heterocycles. The highest BCUT2D eigenvalue weighted by molar-refractivity contribution is 5.83. The predicted molar refractivity (Wildman–Crippen MR) is 27.1 cm³/mol. The van der Waals surface area contributed by atoms with Crippen LogP contribution in [-0.4, -0.2) is 5.11 Å². The number of phenols is 1. The second kappa shape index (κ2) is 0.668. The Kier molecular flexibility index (Phi) is 0.294. The van der Waals surface area contributed by atoms with Gasteiger partial charge in [-0.1, -0.05) is 0 Å². The molecule has 0 aromatic carbocycles. The van der Waals surface area contributed by atoms with E-state index >= 15 is 0 Å². The first-order valence-electron chi connectivity index (χ1n) is 2.21. The first-order chi connectivity index (χ1) is 3.36. The summed E-state index contributed by atoms with van der Waals surface area (Å²) in [6.07, 6.45) is 0. The summed E-state index contributed by atoms with van der Waals surface area (Å²) in [5, 5.41) is 8.67. The molecule has 7 heavy (non-hydrogen) atoms. The summed E-state index contributed by atoms with van der Waals surface area (Å²) in [4.78, 5) is 0. The molecule has 0 amide bonds. The van der Waals surface area contributed by atoms with E-state index in [0.717, 1.165) is 0 Å². The molecule has 2 aliphatic carbocycles. The molecular formula is C6H4O. The third kappa shape index (κ3) is 0.270. The number of hydrogen-bond acceptors (Lipinski definition) is 1. The van der Waals surface area contributed by atoms with Crippen LogP contribution in [0, 0.1) is 0 Å². The fourth-order valence-electron chi connectivity index (χ4n) is 0.742. The first kappa shape index (κ1) is 3.08. The average molecular weight is 92.1 g/mol. The molecular weight excluding hydrogens is 88.1 g/mol. The van der Waals surface area contributed by atoms with Crippen molar-refractivity contribution in [2.45, 2.75) is 0 Å². The van der Waals surface area contributed by atoms with Gasteiger partial charge in [0.1, 0.15) is 5.75 Å². The van der Waals surface area contributed by atoms with Crippen molar-refractivity contribution in [3.63, 3.8) is 0 Å². The second-order valence-electron chi connectivity index (χ2n) is 1.77. The molecule has 1 nitrogen and oxygen atoms in total. The van der Waals surface area contributed by atoms with Crippen molar-refractivity contribution in [1.82, 2.24) is 0 Å². The Bertz CT molecular complexity index is 195. The molecule has 0 fully saturated rings. The molecule has 2 rings (SSSR count). The van der Waals surface area contributed by atoms with Crippen LogP contribution < -0.4 is 0 Å². The quantitative estimate of drug-likeness (QED) is 0.520. The van der Waals surface area contributed by atoms with E-state index in [1.807, 2.05) is 6.07 Å². The van der Waals surface area contributed by atoms with Crippen molar-refractivity contribution < 1.29 is 5.11 Å². The van der Waals surface area contributed by atoms with Crippen LogP contribution in [0.15, 0.2) is 18.2 Å². The van der Waals surface area contributed by atoms with Crippen molar-refractivity contribution in [1.29, 1.82) is 0 Å². The molecule has 0 aromatic heterocycles. The van der Waals surface area contributed by atoms with E-state index in [2.05, 4.69) is 0 Å². The highest BCUT2D eigenvalue weighted by Gasteiger charge is 2.12. The molecule has 1 N–H and O–H groups in total. The van der Waals surface area contributed by atoms with Crippen molar-refractivity contribution in [3.05, 3.63) is 18.2 Å². The highest BCUT2D eigenvalue weighted by atomic mass is 16.3. The lowest BCUT2D eigenvalue weighted by Gasteiger charge is -1.71. The summed E-state index contributed by atoms with van der Waals surface area (Å²) < 4.78 is 0. The first-order valence-corrected chi connectivity index (χ1v) is 2.21. The maximum atomic E-state index is 8.67. The van der Waals surface area contributed by atoms with E-state index < -0.39 is 0 Å². The Labute approximate surface area is 41.2 Å². The molecule has 0 atom stereocenters. The molecule has 34 valence electrons. The summed E-state index contributed by atoms with van der Waals surface area (Å²) in [5.41, 5.74) is 2.38. The molecule has 0 radical (unpaired) electrons. The van der Waals surface area contributed by atoms with E-state index in [1.165, 1.54) is 11.1 Å². The average Bonchev–Trinajstić information content (AvgIpc) is 2.15. The Morgan fingerprint density at radius 1 is 1.00 bits per heavy atom. The zero-order chi connectivity index (χ0) is 4.85. The zero-order valence-corrected chi connectivity index (χ0v) is 3.68. The Hall–Kier alpha value is -0.980. The minimum absolute atomic E-state index is 0.396. The zero-order valence-electron chi connectivity index (χ0n) is 3.68. The number of benzene rings is 1. The van der Waals surface area contributed by atoms with Gasteiger partial charge in [0, 0.05) is 0 Å². The molecule has 0 bridgehead atoms. The van der Waals surface area contributed by atoms with Gasteiger partial charge in [0.15, 0.2) is 0 Å². The number of aromatic hydroxyl groups is 1. The third-order valence-electron chi connectivity index (χ3n) is 1.17. The molecule has 0 saturated heterocycles. The monoisotopic (exact) mass is 92.0 g/mol. The van der Waals surface area contributed by atoms with E-state index in [1.54, 1.807) is 12.1 Å². The Morgan fingerprint density at radius 3 is 1.86 bits per heavy atom. The largest absolute Gasteiger partial charge is 0.508 e. The second-order valence-corrected chi connectivity index (χ2v) is 1.77. The molecule has 0 unspecified atom stereocenters. The van der Waals surface area contributed by atoms with E-state index in [-0.39, 0.29) is 0 Å². The lowest BCUT2D eigenvalue weighted by Crippen LogP contribution is -1.42. The SMILES string of the molecule is Oc1cc2cc-2c1. The van der Waals surface area contributed by atoms with Crippen molar-refractivity contribution in [3.8, 4) is 16.9 Å². The summed E-state index contributed by atoms with van der Waals surface area (Å²) in [7, 11) is 0. The lowest BCUT2D eigenvalue weighted by molar-refractivity contribution is 0.477. The van der Waals surface area contributed by atoms with E-state index in [4.69, 9.17) is 5.11 Å². The van der Waals surface area contributed by atoms with Crippen LogP contribution >= 0.6 is 0 Å². The van der Waals surface area contributed by atoms with Crippen LogP contribution in [0.1, 0.15) is 0 Å². The van der Waals surface area contributed by atoms with Crippen LogP contribution in [0.5, 0.6) is 5.75 Å². The van der Waals surface area contributed by atoms with Gasteiger partial charge in [-0.2, -0.15) is 0 Å². The van der Waals surface area contributed by atoms with Crippen LogP contribution in [-0.2, 0) is 0 Å². The maximum absolute atomic E-state index is 8.67. The molecule has 2 aliphatic rings. The van der Waals surface area contributed by atoms with Crippen LogP contribution in [0.25, 0.3) is 11.1 Å². The highest BCUT2D eigenvalue weighted by Crippen LogP contribution is 2.38. The molecule has 0 saturated carbocycles. The standard InChI is InChI=1S/C6H4O/c7-6-2-4-1-5(4)3-6/h1-3,7H. The molecule has 0 spiro atoms. The van der Waals surface area contributed by atoms with E-state index in [9.17, 15) is 0 Å². The molecule has 0 heterocycles. The van der Waals surface area contributed by atoms with Gasteiger partial charge in [-0.15, -0.1) is 0 Å². The van der Waals surface area contributed by atoms with Crippen molar-refractivity contribution in [2.24, 2.45) is 0 Å². The lowest BCUT2D eigenvalue weighted by atomic mass is 10.5. The van der Waals surface area contributed by atoms with Crippen LogP contribution in [0.2, 0.25) is 0 Å². The van der Waals surface area contributed by atoms with Gasteiger partial charge in [0.25, 0.3) is 0 Å². The summed E-state index contributed by atoms with van der Waals surface area (Å²) in [6.45, 7) is 0. The Morgan fingerprint density at radius 2 is 1.57 bits per heavy atom. The van der Waals surface area contributed by atoms with Gasteiger partial charge in [-0.05, 0) is 29.3 Å². The minimum Gasteiger partial charge on any atom is -0.508 e. The number of hydrogen-bond donors (Lipinski definition) is 1. The number of rotatable bonds is 0. The molecule has 0 aromatic rings. The van der Waals surface area contributed by atoms with Crippen molar-refractivity contribution >= 4 is 0 Å². The smallest absolute Gasteiger partial charge is 0.116 e. The van der Waals surface area contributed by atoms with Crippen LogP contribution in [0.4, 0.5) is 0 Å². The van der Waals surface area contributed by atoms with Crippen LogP contribution in [0.3, 0.4) is 0 Å². The van der Waals surface area contributed by atoms with Gasteiger partial charge >= 0.3 is 0 Å². The van der Waals surface area contributed by atoms with Gasteiger partial charge in [0.05, 0.1) is 0 Å². The minimum atomic E-state index is 0.396. The summed E-state index contributed by atoms with van der Waals surface area (Å²) in [5.74, 6) is 0.396. The van der Waals surface area contributed by atoms with Crippen molar-refractivity contribution in [2.75, 3.05) is 0 Å². The summed E-state index contributed by atoms with van der Waals surface area (Å²) >= 11 is 0. The molecule has 1 heteroatoms. The predicted octanol–water partition coefficient (Wildman–Crippen LogP) is 1.37. The Balaban J connectivity index is 2.74. The summed E-state index contributed by atoms with van der Waals surface area (Å²) in [6, 6.07) is 5.55. The maximum Gasteiger partial charge on any atom is 0.116 e. The number of phenolic OH excluding ortho intramolecular Hbond substituents is 1. The third-order valence-corrected chi connectivity index (χ3v) is 1.17. The van der Waals surface area contributed by atoms with Gasteiger partial charge in [-0.25, -0.2) is 0 Å². The fourth-order valence-corrected chi connectivity index (χ4v) is 0.742. The van der Waals surface area contributed by atoms with Gasteiger partial charge < -0.3 is 5.11 Å². The topological polar surface area (TPSA) is 20.2 Å². The van der Waals surface area contributed by atoms with E-state index in [0.29, 0.717) is 5.75 Å². The van der Waals surface area contributed by atoms with Gasteiger partial charge in [0.2, 0.25) is 0 Å². The van der Waals surface area contributed by atoms with Gasteiger partial charge in [-0.3, -0.25) is 0 Å². The number of fused-ring (bicyclic) bond motifs is 1. The fraction of sp³-hybridized carbons (Fsp3) is 0.